The molecular formula is C18H15N7O4S. The van der Waals surface area contributed by atoms with Gasteiger partial charge in [-0.1, -0.05) is 12.1 Å². The Labute approximate surface area is 172 Å². The number of rotatable bonds is 5. The number of hydrogen-bond donors (Lipinski definition) is 1. The Morgan fingerprint density at radius 3 is 2.93 bits per heavy atom. The van der Waals surface area contributed by atoms with E-state index in [-0.39, 0.29) is 17.8 Å². The number of anilines is 1. The fourth-order valence-electron chi connectivity index (χ4n) is 2.92. The minimum Gasteiger partial charge on any atom is -0.300 e. The number of aryl methyl sites for hydroxylation is 2. The van der Waals surface area contributed by atoms with E-state index in [1.807, 2.05) is 0 Å². The molecule has 0 radical (unpaired) electrons. The molecule has 12 heteroatoms. The van der Waals surface area contributed by atoms with Gasteiger partial charge >= 0.3 is 0 Å². The van der Waals surface area contributed by atoms with Crippen molar-refractivity contribution in [1.82, 2.24) is 24.3 Å². The number of nitro groups is 1. The second kappa shape index (κ2) is 7.48. The molecule has 0 aliphatic rings. The maximum absolute atomic E-state index is 12.5. The smallest absolute Gasteiger partial charge is 0.272 e. The van der Waals surface area contributed by atoms with Crippen molar-refractivity contribution < 1.29 is 9.72 Å². The first-order chi connectivity index (χ1) is 14.3. The highest BCUT2D eigenvalue weighted by atomic mass is 32.1. The number of fused-ring (bicyclic) bond motifs is 1. The van der Waals surface area contributed by atoms with Crippen LogP contribution in [0.15, 0.2) is 40.9 Å². The molecule has 3 heterocycles. The standard InChI is InChI=1S/C18H15N7O4S/c1-10-3-4-11(5-14(10)25(28)29)13-8-30-18(21-13)22-15(26)7-24-9-19-16-12(17(24)27)6-20-23(16)2/h3-6,8-9H,7H2,1-2H3,(H,21,22,26). The molecular weight excluding hydrogens is 410 g/mol. The first-order valence-corrected chi connectivity index (χ1v) is 9.59. The van der Waals surface area contributed by atoms with Crippen LogP contribution in [0.4, 0.5) is 10.8 Å². The average Bonchev–Trinajstić information content (AvgIpc) is 3.31. The lowest BCUT2D eigenvalue weighted by Crippen LogP contribution is -2.27. The molecule has 0 saturated heterocycles. The van der Waals surface area contributed by atoms with Crippen LogP contribution in [-0.2, 0) is 18.4 Å². The van der Waals surface area contributed by atoms with E-state index in [0.29, 0.717) is 33.0 Å². The number of nitro benzene ring substituents is 1. The topological polar surface area (TPSA) is 138 Å². The summed E-state index contributed by atoms with van der Waals surface area (Å²) in [5.74, 6) is -0.446. The molecule has 30 heavy (non-hydrogen) atoms. The zero-order valence-corrected chi connectivity index (χ0v) is 16.7. The number of nitrogens with one attached hydrogen (secondary N) is 1. The van der Waals surface area contributed by atoms with Crippen LogP contribution in [-0.4, -0.2) is 35.1 Å². The lowest BCUT2D eigenvalue weighted by Gasteiger charge is -2.05. The molecule has 1 aromatic carbocycles. The number of nitrogens with zero attached hydrogens (tertiary/aromatic N) is 6. The Hall–Kier alpha value is -3.93. The number of carbonyl (C=O) groups is 1. The van der Waals surface area contributed by atoms with E-state index < -0.39 is 10.8 Å². The fraction of sp³-hybridized carbons (Fsp3) is 0.167. The number of benzene rings is 1. The molecule has 1 N–H and O–H groups in total. The van der Waals surface area contributed by atoms with Crippen molar-refractivity contribution in [3.05, 3.63) is 62.1 Å². The summed E-state index contributed by atoms with van der Waals surface area (Å²) >= 11 is 1.18. The molecule has 0 fully saturated rings. The summed E-state index contributed by atoms with van der Waals surface area (Å²) in [4.78, 5) is 44.0. The SMILES string of the molecule is Cc1ccc(-c2csc(NC(=O)Cn3cnc4c(cnn4C)c3=O)n2)cc1[N+](=O)[O-]. The highest BCUT2D eigenvalue weighted by Gasteiger charge is 2.15. The molecule has 152 valence electrons. The van der Waals surface area contributed by atoms with E-state index in [2.05, 4.69) is 20.4 Å². The summed E-state index contributed by atoms with van der Waals surface area (Å²) in [6.07, 6.45) is 2.71. The maximum Gasteiger partial charge on any atom is 0.272 e. The fourth-order valence-corrected chi connectivity index (χ4v) is 3.66. The molecule has 11 nitrogen and oxygen atoms in total. The molecule has 0 saturated carbocycles. The number of hydrogen-bond acceptors (Lipinski definition) is 8. The summed E-state index contributed by atoms with van der Waals surface area (Å²) in [7, 11) is 1.68. The highest BCUT2D eigenvalue weighted by Crippen LogP contribution is 2.29. The Kier molecular flexibility index (Phi) is 4.83. The number of aromatic nitrogens is 5. The van der Waals surface area contributed by atoms with Gasteiger partial charge in [-0.05, 0) is 6.92 Å². The van der Waals surface area contributed by atoms with Crippen LogP contribution in [0.5, 0.6) is 0 Å². The minimum atomic E-state index is -0.446. The van der Waals surface area contributed by atoms with Crippen LogP contribution in [0, 0.1) is 17.0 Å². The van der Waals surface area contributed by atoms with Gasteiger partial charge in [0.15, 0.2) is 10.8 Å². The van der Waals surface area contributed by atoms with Crippen molar-refractivity contribution in [2.45, 2.75) is 13.5 Å². The number of thiazole rings is 1. The van der Waals surface area contributed by atoms with Gasteiger partial charge in [0, 0.05) is 29.6 Å². The molecule has 1 amide bonds. The minimum absolute atomic E-state index is 0.00348. The van der Waals surface area contributed by atoms with Gasteiger partial charge in [-0.2, -0.15) is 5.10 Å². The summed E-state index contributed by atoms with van der Waals surface area (Å²) in [6, 6.07) is 4.83. The van der Waals surface area contributed by atoms with Crippen molar-refractivity contribution in [2.24, 2.45) is 7.05 Å². The first kappa shape index (κ1) is 19.4. The Morgan fingerprint density at radius 2 is 2.17 bits per heavy atom. The summed E-state index contributed by atoms with van der Waals surface area (Å²) in [6.45, 7) is 1.43. The monoisotopic (exact) mass is 425 g/mol. The maximum atomic E-state index is 12.5. The van der Waals surface area contributed by atoms with Crippen molar-refractivity contribution in [3.63, 3.8) is 0 Å². The van der Waals surface area contributed by atoms with Crippen molar-refractivity contribution in [2.75, 3.05) is 5.32 Å². The molecule has 3 aromatic heterocycles. The average molecular weight is 425 g/mol. The molecule has 0 aliphatic heterocycles. The van der Waals surface area contributed by atoms with Gasteiger partial charge in [0.2, 0.25) is 5.91 Å². The van der Waals surface area contributed by atoms with Crippen LogP contribution < -0.4 is 10.9 Å². The summed E-state index contributed by atoms with van der Waals surface area (Å²) in [5.41, 5.74) is 1.71. The Bertz CT molecular complexity index is 1350. The first-order valence-electron chi connectivity index (χ1n) is 8.71. The normalized spacial score (nSPS) is 11.0. The van der Waals surface area contributed by atoms with Crippen LogP contribution >= 0.6 is 11.3 Å². The van der Waals surface area contributed by atoms with Gasteiger partial charge in [-0.15, -0.1) is 11.3 Å². The molecule has 0 atom stereocenters. The van der Waals surface area contributed by atoms with E-state index >= 15 is 0 Å². The third-order valence-electron chi connectivity index (χ3n) is 4.48. The number of amides is 1. The van der Waals surface area contributed by atoms with Crippen molar-refractivity contribution >= 4 is 39.1 Å². The van der Waals surface area contributed by atoms with Gasteiger partial charge in [0.1, 0.15) is 18.3 Å². The largest absolute Gasteiger partial charge is 0.300 e. The van der Waals surface area contributed by atoms with E-state index in [9.17, 15) is 19.7 Å². The lowest BCUT2D eigenvalue weighted by atomic mass is 10.1. The van der Waals surface area contributed by atoms with Gasteiger partial charge in [0.25, 0.3) is 11.2 Å². The zero-order chi connectivity index (χ0) is 21.4. The summed E-state index contributed by atoms with van der Waals surface area (Å²) < 4.78 is 2.67. The van der Waals surface area contributed by atoms with Gasteiger partial charge in [-0.25, -0.2) is 9.97 Å². The van der Waals surface area contributed by atoms with Crippen molar-refractivity contribution in [3.8, 4) is 11.3 Å². The molecule has 0 unspecified atom stereocenters. The predicted octanol–water partition coefficient (Wildman–Crippen LogP) is 2.11. The van der Waals surface area contributed by atoms with E-state index in [4.69, 9.17) is 0 Å². The van der Waals surface area contributed by atoms with Gasteiger partial charge in [0.05, 0.1) is 16.8 Å². The Balaban J connectivity index is 1.51. The Morgan fingerprint density at radius 1 is 1.37 bits per heavy atom. The quantitative estimate of drug-likeness (QED) is 0.382. The van der Waals surface area contributed by atoms with Crippen LogP contribution in [0.2, 0.25) is 0 Å². The van der Waals surface area contributed by atoms with E-state index in [1.165, 1.54) is 39.2 Å². The molecule has 0 bridgehead atoms. The third-order valence-corrected chi connectivity index (χ3v) is 5.24. The van der Waals surface area contributed by atoms with Gasteiger partial charge < -0.3 is 5.32 Å². The number of carbonyl (C=O) groups excluding carboxylic acids is 1. The van der Waals surface area contributed by atoms with Crippen LogP contribution in [0.1, 0.15) is 5.56 Å². The second-order valence-electron chi connectivity index (χ2n) is 6.53. The molecule has 4 aromatic rings. The van der Waals surface area contributed by atoms with Crippen LogP contribution in [0.3, 0.4) is 0 Å². The highest BCUT2D eigenvalue weighted by molar-refractivity contribution is 7.14. The van der Waals surface area contributed by atoms with E-state index in [1.54, 1.807) is 31.5 Å². The molecule has 0 spiro atoms. The molecule has 4 rings (SSSR count). The van der Waals surface area contributed by atoms with E-state index in [0.717, 1.165) is 0 Å². The zero-order valence-electron chi connectivity index (χ0n) is 15.9. The predicted molar refractivity (Wildman–Crippen MR) is 110 cm³/mol. The van der Waals surface area contributed by atoms with Gasteiger partial charge in [-0.3, -0.25) is 29.0 Å². The third kappa shape index (κ3) is 3.55. The molecule has 0 aliphatic carbocycles. The summed E-state index contributed by atoms with van der Waals surface area (Å²) in [5, 5.41) is 20.1. The second-order valence-corrected chi connectivity index (χ2v) is 7.39. The lowest BCUT2D eigenvalue weighted by molar-refractivity contribution is -0.385. The van der Waals surface area contributed by atoms with Crippen LogP contribution in [0.25, 0.3) is 22.3 Å². The van der Waals surface area contributed by atoms with Crippen molar-refractivity contribution in [1.29, 1.82) is 0 Å².